The van der Waals surface area contributed by atoms with E-state index in [-0.39, 0.29) is 12.0 Å². The summed E-state index contributed by atoms with van der Waals surface area (Å²) in [5.41, 5.74) is 6.81. The Morgan fingerprint density at radius 1 is 1.00 bits per heavy atom. The Morgan fingerprint density at radius 2 is 1.74 bits per heavy atom. The summed E-state index contributed by atoms with van der Waals surface area (Å²) < 4.78 is 6.32. The molecule has 0 aromatic heterocycles. The Balaban J connectivity index is 1.50. The molecule has 0 aliphatic heterocycles. The van der Waals surface area contributed by atoms with Crippen LogP contribution in [0.15, 0.2) is 71.2 Å². The molecule has 3 rings (SSSR count). The molecule has 2 amide bonds. The van der Waals surface area contributed by atoms with Gasteiger partial charge in [0.05, 0.1) is 4.47 Å². The van der Waals surface area contributed by atoms with Crippen molar-refractivity contribution in [2.75, 3.05) is 6.61 Å². The van der Waals surface area contributed by atoms with Gasteiger partial charge in [-0.05, 0) is 61.5 Å². The third-order valence-corrected chi connectivity index (χ3v) is 5.34. The minimum Gasteiger partial charge on any atom is -0.483 e. The number of amides is 2. The summed E-state index contributed by atoms with van der Waals surface area (Å²) in [4.78, 5) is 24.1. The number of hydrogen-bond donors (Lipinski definition) is 2. The molecule has 0 radical (unpaired) electrons. The number of benzene rings is 3. The predicted octanol–water partition coefficient (Wildman–Crippen LogP) is 5.14. The highest BCUT2D eigenvalue weighted by Crippen LogP contribution is 2.31. The van der Waals surface area contributed by atoms with Gasteiger partial charge in [-0.1, -0.05) is 69.3 Å². The maximum absolute atomic E-state index is 12.1. The quantitative estimate of drug-likeness (QED) is 0.392. The summed E-state index contributed by atoms with van der Waals surface area (Å²) in [7, 11) is 0. The van der Waals surface area contributed by atoms with Gasteiger partial charge in [0.1, 0.15) is 5.75 Å². The lowest BCUT2D eigenvalue weighted by Gasteiger charge is -2.20. The van der Waals surface area contributed by atoms with Crippen LogP contribution in [0.25, 0.3) is 16.8 Å². The van der Waals surface area contributed by atoms with Gasteiger partial charge < -0.3 is 4.74 Å². The molecule has 0 atom stereocenters. The molecule has 2 N–H and O–H groups in total. The van der Waals surface area contributed by atoms with Crippen LogP contribution in [0, 0.1) is 0 Å². The summed E-state index contributed by atoms with van der Waals surface area (Å²) in [5, 5.41) is 2.15. The van der Waals surface area contributed by atoms with Crippen LogP contribution in [0.1, 0.15) is 31.9 Å². The first-order valence-electron chi connectivity index (χ1n) is 9.91. The average molecular weight is 481 g/mol. The molecule has 5 nitrogen and oxygen atoms in total. The standard InChI is InChI=1S/C25H25BrN2O3/c1-25(2,3)19-12-13-22(21(26)15-19)31-16-24(30)28-27-23(29)14-11-18-9-6-8-17-7-4-5-10-20(17)18/h4-15H,16H2,1-3H3,(H,27,29)(H,28,30). The third-order valence-electron chi connectivity index (χ3n) is 4.72. The molecule has 0 unspecified atom stereocenters. The zero-order valence-corrected chi connectivity index (χ0v) is 19.3. The van der Waals surface area contributed by atoms with E-state index >= 15 is 0 Å². The molecule has 0 saturated heterocycles. The molecule has 0 aliphatic carbocycles. The van der Waals surface area contributed by atoms with Crippen molar-refractivity contribution in [3.63, 3.8) is 0 Å². The molecule has 31 heavy (non-hydrogen) atoms. The van der Waals surface area contributed by atoms with Crippen molar-refractivity contribution in [3.8, 4) is 5.75 Å². The molecule has 3 aromatic rings. The van der Waals surface area contributed by atoms with Crippen LogP contribution in [-0.4, -0.2) is 18.4 Å². The Bertz CT molecular complexity index is 1130. The maximum Gasteiger partial charge on any atom is 0.276 e. The average Bonchev–Trinajstić information content (AvgIpc) is 2.74. The third kappa shape index (κ3) is 6.18. The lowest BCUT2D eigenvalue weighted by atomic mass is 9.87. The highest BCUT2D eigenvalue weighted by molar-refractivity contribution is 9.10. The van der Waals surface area contributed by atoms with Crippen molar-refractivity contribution in [1.82, 2.24) is 10.9 Å². The second kappa shape index (κ2) is 9.79. The molecule has 6 heteroatoms. The van der Waals surface area contributed by atoms with Gasteiger partial charge in [-0.15, -0.1) is 0 Å². The smallest absolute Gasteiger partial charge is 0.276 e. The topological polar surface area (TPSA) is 67.4 Å². The van der Waals surface area contributed by atoms with E-state index in [0.717, 1.165) is 26.4 Å². The summed E-state index contributed by atoms with van der Waals surface area (Å²) in [6, 6.07) is 19.6. The van der Waals surface area contributed by atoms with Crippen LogP contribution in [0.3, 0.4) is 0 Å². The van der Waals surface area contributed by atoms with Crippen molar-refractivity contribution < 1.29 is 14.3 Å². The van der Waals surface area contributed by atoms with E-state index in [2.05, 4.69) is 47.6 Å². The van der Waals surface area contributed by atoms with Gasteiger partial charge in [-0.3, -0.25) is 20.4 Å². The van der Waals surface area contributed by atoms with Gasteiger partial charge in [-0.25, -0.2) is 0 Å². The molecular formula is C25H25BrN2O3. The normalized spacial score (nSPS) is 11.5. The molecule has 0 bridgehead atoms. The fraction of sp³-hybridized carbons (Fsp3) is 0.200. The number of hydrogen-bond acceptors (Lipinski definition) is 3. The monoisotopic (exact) mass is 480 g/mol. The van der Waals surface area contributed by atoms with Gasteiger partial charge in [0, 0.05) is 6.08 Å². The van der Waals surface area contributed by atoms with Crippen LogP contribution in [0.2, 0.25) is 0 Å². The van der Waals surface area contributed by atoms with Gasteiger partial charge in [0.15, 0.2) is 6.61 Å². The lowest BCUT2D eigenvalue weighted by molar-refractivity contribution is -0.128. The summed E-state index contributed by atoms with van der Waals surface area (Å²) in [6.45, 7) is 6.15. The summed E-state index contributed by atoms with van der Waals surface area (Å²) in [6.07, 6.45) is 3.10. The van der Waals surface area contributed by atoms with E-state index in [0.29, 0.717) is 5.75 Å². The predicted molar refractivity (Wildman–Crippen MR) is 128 cm³/mol. The number of ether oxygens (including phenoxy) is 1. The molecule has 0 heterocycles. The Labute approximate surface area is 190 Å². The van der Waals surface area contributed by atoms with Crippen LogP contribution in [0.5, 0.6) is 5.75 Å². The number of carbonyl (C=O) groups is 2. The van der Waals surface area contributed by atoms with E-state index in [1.54, 1.807) is 6.08 Å². The van der Waals surface area contributed by atoms with Crippen LogP contribution in [0.4, 0.5) is 0 Å². The maximum atomic E-state index is 12.1. The number of nitrogens with one attached hydrogen (secondary N) is 2. The molecule has 0 spiro atoms. The fourth-order valence-corrected chi connectivity index (χ4v) is 3.49. The molecule has 3 aromatic carbocycles. The second-order valence-corrected chi connectivity index (χ2v) is 8.98. The zero-order valence-electron chi connectivity index (χ0n) is 17.7. The van der Waals surface area contributed by atoms with Crippen LogP contribution < -0.4 is 15.6 Å². The van der Waals surface area contributed by atoms with Crippen LogP contribution >= 0.6 is 15.9 Å². The Morgan fingerprint density at radius 3 is 2.48 bits per heavy atom. The minimum absolute atomic E-state index is 0.0161. The van der Waals surface area contributed by atoms with Gasteiger partial charge in [0.25, 0.3) is 11.8 Å². The minimum atomic E-state index is -0.460. The highest BCUT2D eigenvalue weighted by Gasteiger charge is 2.15. The number of halogens is 1. The fourth-order valence-electron chi connectivity index (χ4n) is 3.00. The van der Waals surface area contributed by atoms with E-state index < -0.39 is 11.8 Å². The summed E-state index contributed by atoms with van der Waals surface area (Å²) in [5.74, 6) is -0.332. The number of hydrazine groups is 1. The van der Waals surface area contributed by atoms with Crippen molar-refractivity contribution in [2.45, 2.75) is 26.2 Å². The largest absolute Gasteiger partial charge is 0.483 e. The highest BCUT2D eigenvalue weighted by atomic mass is 79.9. The SMILES string of the molecule is CC(C)(C)c1ccc(OCC(=O)NNC(=O)C=Cc2cccc3ccccc23)c(Br)c1. The van der Waals surface area contributed by atoms with Crippen molar-refractivity contribution >= 4 is 44.6 Å². The second-order valence-electron chi connectivity index (χ2n) is 8.12. The Kier molecular flexibility index (Phi) is 7.13. The Hall–Kier alpha value is -3.12. The molecule has 0 fully saturated rings. The van der Waals surface area contributed by atoms with E-state index in [1.165, 1.54) is 6.08 Å². The number of carbonyl (C=O) groups excluding carboxylic acids is 2. The van der Waals surface area contributed by atoms with E-state index in [1.807, 2.05) is 60.7 Å². The first kappa shape index (κ1) is 22.6. The van der Waals surface area contributed by atoms with Gasteiger partial charge >= 0.3 is 0 Å². The number of rotatable bonds is 5. The molecule has 0 aliphatic rings. The molecule has 160 valence electrons. The van der Waals surface area contributed by atoms with Crippen LogP contribution in [-0.2, 0) is 15.0 Å². The van der Waals surface area contributed by atoms with E-state index in [9.17, 15) is 9.59 Å². The number of fused-ring (bicyclic) bond motifs is 1. The van der Waals surface area contributed by atoms with Crippen molar-refractivity contribution in [2.24, 2.45) is 0 Å². The molecule has 0 saturated carbocycles. The summed E-state index contributed by atoms with van der Waals surface area (Å²) >= 11 is 3.48. The van der Waals surface area contributed by atoms with Gasteiger partial charge in [-0.2, -0.15) is 0 Å². The zero-order chi connectivity index (χ0) is 22.4. The first-order chi connectivity index (χ1) is 14.7. The first-order valence-corrected chi connectivity index (χ1v) is 10.7. The lowest BCUT2D eigenvalue weighted by Crippen LogP contribution is -2.43. The van der Waals surface area contributed by atoms with Gasteiger partial charge in [0.2, 0.25) is 0 Å². The van der Waals surface area contributed by atoms with Crippen molar-refractivity contribution in [3.05, 3.63) is 82.3 Å². The van der Waals surface area contributed by atoms with Crippen molar-refractivity contribution in [1.29, 1.82) is 0 Å². The van der Waals surface area contributed by atoms with E-state index in [4.69, 9.17) is 4.74 Å². The molecular weight excluding hydrogens is 456 g/mol.